The number of guanidine groups is 1. The fourth-order valence-corrected chi connectivity index (χ4v) is 3.29. The first-order chi connectivity index (χ1) is 12.3. The van der Waals surface area contributed by atoms with Crippen LogP contribution in [0.5, 0.6) is 0 Å². The lowest BCUT2D eigenvalue weighted by atomic mass is 10.0. The molecule has 4 nitrogen and oxygen atoms in total. The molecule has 0 saturated carbocycles. The van der Waals surface area contributed by atoms with Gasteiger partial charge in [0.1, 0.15) is 0 Å². The van der Waals surface area contributed by atoms with Gasteiger partial charge in [0.2, 0.25) is 0 Å². The van der Waals surface area contributed by atoms with Crippen molar-refractivity contribution in [1.82, 2.24) is 15.6 Å². The van der Waals surface area contributed by atoms with Crippen molar-refractivity contribution >= 4 is 17.3 Å². The van der Waals surface area contributed by atoms with Crippen LogP contribution in [0, 0.1) is 6.92 Å². The molecule has 0 radical (unpaired) electrons. The second-order valence-electron chi connectivity index (χ2n) is 5.86. The largest absolute Gasteiger partial charge is 0.434 e. The number of hydrogen-bond acceptors (Lipinski definition) is 3. The maximum Gasteiger partial charge on any atom is 0.434 e. The number of aryl methyl sites for hydroxylation is 1. The summed E-state index contributed by atoms with van der Waals surface area (Å²) >= 11 is 1.01. The van der Waals surface area contributed by atoms with Gasteiger partial charge in [0, 0.05) is 24.9 Å². The van der Waals surface area contributed by atoms with Gasteiger partial charge in [-0.05, 0) is 31.9 Å². The predicted octanol–water partition coefficient (Wildman–Crippen LogP) is 4.33. The van der Waals surface area contributed by atoms with Gasteiger partial charge in [0.15, 0.2) is 11.7 Å². The highest BCUT2D eigenvalue weighted by molar-refractivity contribution is 7.09. The molecule has 0 spiro atoms. The highest BCUT2D eigenvalue weighted by Gasteiger charge is 2.33. The van der Waals surface area contributed by atoms with E-state index in [1.54, 1.807) is 0 Å². The topological polar surface area (TPSA) is 49.3 Å². The summed E-state index contributed by atoms with van der Waals surface area (Å²) < 4.78 is 37.8. The van der Waals surface area contributed by atoms with Crippen molar-refractivity contribution in [2.45, 2.75) is 39.4 Å². The van der Waals surface area contributed by atoms with Crippen molar-refractivity contribution in [3.8, 4) is 0 Å². The SMILES string of the molecule is CCNC(=NCCc1nc(C(F)(F)F)cs1)NC(C)c1ccccc1C. The summed E-state index contributed by atoms with van der Waals surface area (Å²) in [5.41, 5.74) is 1.53. The Morgan fingerprint density at radius 3 is 2.65 bits per heavy atom. The Labute approximate surface area is 155 Å². The second-order valence-corrected chi connectivity index (χ2v) is 6.80. The number of aromatic nitrogens is 1. The molecule has 142 valence electrons. The molecule has 8 heteroatoms. The molecule has 0 aliphatic heterocycles. The number of aliphatic imine (C=N–C) groups is 1. The van der Waals surface area contributed by atoms with E-state index in [0.717, 1.165) is 16.7 Å². The Hall–Kier alpha value is -2.09. The van der Waals surface area contributed by atoms with E-state index in [-0.39, 0.29) is 6.04 Å². The molecule has 2 N–H and O–H groups in total. The molecule has 1 aromatic carbocycles. The third-order valence-corrected chi connectivity index (χ3v) is 4.70. The van der Waals surface area contributed by atoms with Gasteiger partial charge in [-0.3, -0.25) is 4.99 Å². The van der Waals surface area contributed by atoms with E-state index < -0.39 is 11.9 Å². The van der Waals surface area contributed by atoms with Crippen molar-refractivity contribution < 1.29 is 13.2 Å². The molecule has 1 heterocycles. The van der Waals surface area contributed by atoms with Crippen LogP contribution in [0.1, 0.15) is 41.7 Å². The number of benzene rings is 1. The maximum atomic E-state index is 12.6. The van der Waals surface area contributed by atoms with Gasteiger partial charge in [0.05, 0.1) is 11.0 Å². The van der Waals surface area contributed by atoms with E-state index in [9.17, 15) is 13.2 Å². The van der Waals surface area contributed by atoms with Crippen LogP contribution in [0.4, 0.5) is 13.2 Å². The van der Waals surface area contributed by atoms with E-state index in [4.69, 9.17) is 0 Å². The van der Waals surface area contributed by atoms with Crippen LogP contribution in [-0.2, 0) is 12.6 Å². The van der Waals surface area contributed by atoms with E-state index in [1.807, 2.05) is 26.0 Å². The summed E-state index contributed by atoms with van der Waals surface area (Å²) in [5, 5.41) is 7.97. The zero-order valence-corrected chi connectivity index (χ0v) is 15.8. The first-order valence-electron chi connectivity index (χ1n) is 8.43. The Morgan fingerprint density at radius 1 is 1.31 bits per heavy atom. The van der Waals surface area contributed by atoms with E-state index >= 15 is 0 Å². The first kappa shape index (κ1) is 20.2. The molecular formula is C18H23F3N4S. The van der Waals surface area contributed by atoms with Gasteiger partial charge < -0.3 is 10.6 Å². The summed E-state index contributed by atoms with van der Waals surface area (Å²) in [6, 6.07) is 8.16. The van der Waals surface area contributed by atoms with Crippen LogP contribution in [0.3, 0.4) is 0 Å². The molecule has 0 aliphatic carbocycles. The molecule has 2 aromatic rings. The lowest BCUT2D eigenvalue weighted by molar-refractivity contribution is -0.140. The molecule has 1 aromatic heterocycles. The van der Waals surface area contributed by atoms with E-state index in [0.29, 0.717) is 30.5 Å². The van der Waals surface area contributed by atoms with E-state index in [2.05, 4.69) is 39.7 Å². The summed E-state index contributed by atoms with van der Waals surface area (Å²) in [4.78, 5) is 8.08. The molecule has 26 heavy (non-hydrogen) atoms. The Balaban J connectivity index is 1.98. The zero-order valence-electron chi connectivity index (χ0n) is 15.0. The average Bonchev–Trinajstić information content (AvgIpc) is 3.04. The van der Waals surface area contributed by atoms with Gasteiger partial charge in [-0.2, -0.15) is 13.2 Å². The molecule has 0 bridgehead atoms. The highest BCUT2D eigenvalue weighted by Crippen LogP contribution is 2.30. The summed E-state index contributed by atoms with van der Waals surface area (Å²) in [7, 11) is 0. The monoisotopic (exact) mass is 384 g/mol. The van der Waals surface area contributed by atoms with Gasteiger partial charge in [-0.15, -0.1) is 11.3 Å². The number of nitrogens with zero attached hydrogens (tertiary/aromatic N) is 2. The van der Waals surface area contributed by atoms with Gasteiger partial charge >= 0.3 is 6.18 Å². The zero-order chi connectivity index (χ0) is 19.2. The Morgan fingerprint density at radius 2 is 2.04 bits per heavy atom. The number of rotatable bonds is 6. The molecule has 0 aliphatic rings. The highest BCUT2D eigenvalue weighted by atomic mass is 32.1. The van der Waals surface area contributed by atoms with Crippen LogP contribution >= 0.6 is 11.3 Å². The Bertz CT molecular complexity index is 740. The van der Waals surface area contributed by atoms with Crippen molar-refractivity contribution in [1.29, 1.82) is 0 Å². The van der Waals surface area contributed by atoms with Crippen LogP contribution in [0.2, 0.25) is 0 Å². The molecule has 1 atom stereocenters. The average molecular weight is 384 g/mol. The first-order valence-corrected chi connectivity index (χ1v) is 9.31. The molecule has 0 amide bonds. The van der Waals surface area contributed by atoms with Crippen LogP contribution < -0.4 is 10.6 Å². The molecule has 0 saturated heterocycles. The minimum absolute atomic E-state index is 0.0608. The predicted molar refractivity (Wildman–Crippen MR) is 99.5 cm³/mol. The lowest BCUT2D eigenvalue weighted by Crippen LogP contribution is -2.39. The number of hydrogen-bond donors (Lipinski definition) is 2. The molecular weight excluding hydrogens is 361 g/mol. The molecule has 1 unspecified atom stereocenters. The lowest BCUT2D eigenvalue weighted by Gasteiger charge is -2.19. The van der Waals surface area contributed by atoms with Crippen molar-refractivity contribution in [3.63, 3.8) is 0 Å². The van der Waals surface area contributed by atoms with Crippen LogP contribution in [0.25, 0.3) is 0 Å². The third kappa shape index (κ3) is 5.72. The van der Waals surface area contributed by atoms with E-state index in [1.165, 1.54) is 11.1 Å². The fraction of sp³-hybridized carbons (Fsp3) is 0.444. The normalized spacial score (nSPS) is 13.5. The number of alkyl halides is 3. The number of thiazole rings is 1. The van der Waals surface area contributed by atoms with Gasteiger partial charge in [-0.1, -0.05) is 24.3 Å². The Kier molecular flexibility index (Phi) is 7.02. The molecule has 2 rings (SSSR count). The van der Waals surface area contributed by atoms with Crippen molar-refractivity contribution in [2.75, 3.05) is 13.1 Å². The van der Waals surface area contributed by atoms with Gasteiger partial charge in [0.25, 0.3) is 0 Å². The van der Waals surface area contributed by atoms with Gasteiger partial charge in [-0.25, -0.2) is 4.98 Å². The quantitative estimate of drug-likeness (QED) is 0.576. The minimum atomic E-state index is -4.39. The standard InChI is InChI=1S/C18H23F3N4S/c1-4-22-17(24-13(3)14-8-6-5-7-12(14)2)23-10-9-16-25-15(11-26-16)18(19,20)21/h5-8,11,13H,4,9-10H2,1-3H3,(H2,22,23,24). The van der Waals surface area contributed by atoms with Crippen molar-refractivity contribution in [2.24, 2.45) is 4.99 Å². The second kappa shape index (κ2) is 9.02. The fourth-order valence-electron chi connectivity index (χ4n) is 2.49. The number of nitrogens with one attached hydrogen (secondary N) is 2. The minimum Gasteiger partial charge on any atom is -0.357 e. The maximum absolute atomic E-state index is 12.6. The summed E-state index contributed by atoms with van der Waals surface area (Å²) in [5.74, 6) is 0.635. The summed E-state index contributed by atoms with van der Waals surface area (Å²) in [6.45, 7) is 7.12. The van der Waals surface area contributed by atoms with Crippen LogP contribution in [0.15, 0.2) is 34.6 Å². The smallest absolute Gasteiger partial charge is 0.357 e. The summed E-state index contributed by atoms with van der Waals surface area (Å²) in [6.07, 6.45) is -4.02. The third-order valence-electron chi connectivity index (χ3n) is 3.79. The number of halogens is 3. The molecule has 0 fully saturated rings. The van der Waals surface area contributed by atoms with Crippen LogP contribution in [-0.4, -0.2) is 24.0 Å². The van der Waals surface area contributed by atoms with Crippen molar-refractivity contribution in [3.05, 3.63) is 51.5 Å².